The minimum atomic E-state index is 0.0352. The molecule has 0 amide bonds. The van der Waals surface area contributed by atoms with Crippen LogP contribution < -0.4 is 5.56 Å². The fourth-order valence-corrected chi connectivity index (χ4v) is 3.75. The minimum Gasteiger partial charge on any atom is -0.298 e. The highest BCUT2D eigenvalue weighted by atomic mass is 35.5. The van der Waals surface area contributed by atoms with Crippen LogP contribution in [0.5, 0.6) is 0 Å². The maximum Gasteiger partial charge on any atom is 0.262 e. The molecule has 0 atom stereocenters. The number of nitrogens with zero attached hydrogens (tertiary/aromatic N) is 2. The van der Waals surface area contributed by atoms with Crippen LogP contribution in [0.3, 0.4) is 0 Å². The molecular formula is C17H17ClN2OS. The molecule has 0 N–H and O–H groups in total. The van der Waals surface area contributed by atoms with E-state index in [9.17, 15) is 4.79 Å². The first-order valence-corrected chi connectivity index (χ1v) is 8.41. The van der Waals surface area contributed by atoms with Gasteiger partial charge in [0.1, 0.15) is 4.83 Å². The average molecular weight is 333 g/mol. The molecule has 0 bridgehead atoms. The SMILES string of the molecule is Cc1sc2ncn(CC(C)C)c(=O)c2c1-c1ccc(Cl)cc1. The predicted molar refractivity (Wildman–Crippen MR) is 93.9 cm³/mol. The molecule has 3 nitrogen and oxygen atoms in total. The zero-order chi connectivity index (χ0) is 15.9. The molecule has 2 heterocycles. The van der Waals surface area contributed by atoms with E-state index in [1.807, 2.05) is 31.2 Å². The number of thiophene rings is 1. The lowest BCUT2D eigenvalue weighted by Crippen LogP contribution is -2.22. The Bertz CT molecular complexity index is 878. The largest absolute Gasteiger partial charge is 0.298 e. The third kappa shape index (κ3) is 2.69. The van der Waals surface area contributed by atoms with Gasteiger partial charge in [0.2, 0.25) is 0 Å². The third-order valence-corrected chi connectivity index (χ3v) is 4.81. The number of hydrogen-bond acceptors (Lipinski definition) is 3. The van der Waals surface area contributed by atoms with E-state index in [4.69, 9.17) is 11.6 Å². The Morgan fingerprint density at radius 2 is 1.95 bits per heavy atom. The molecule has 0 spiro atoms. The fourth-order valence-electron chi connectivity index (χ4n) is 2.63. The average Bonchev–Trinajstić information content (AvgIpc) is 2.80. The summed E-state index contributed by atoms with van der Waals surface area (Å²) in [4.78, 5) is 19.2. The van der Waals surface area contributed by atoms with Crippen molar-refractivity contribution in [1.29, 1.82) is 0 Å². The van der Waals surface area contributed by atoms with Crippen LogP contribution in [0, 0.1) is 12.8 Å². The molecule has 0 saturated carbocycles. The lowest BCUT2D eigenvalue weighted by molar-refractivity contribution is 0.508. The molecule has 0 radical (unpaired) electrons. The summed E-state index contributed by atoms with van der Waals surface area (Å²) in [6, 6.07) is 7.61. The van der Waals surface area contributed by atoms with Crippen LogP contribution in [0.15, 0.2) is 35.4 Å². The van der Waals surface area contributed by atoms with Gasteiger partial charge >= 0.3 is 0 Å². The maximum atomic E-state index is 12.8. The maximum absolute atomic E-state index is 12.8. The van der Waals surface area contributed by atoms with E-state index < -0.39 is 0 Å². The van der Waals surface area contributed by atoms with Gasteiger partial charge in [-0.2, -0.15) is 0 Å². The van der Waals surface area contributed by atoms with Crippen molar-refractivity contribution in [2.45, 2.75) is 27.3 Å². The molecule has 1 aromatic carbocycles. The molecule has 0 aliphatic heterocycles. The Hall–Kier alpha value is -1.65. The fraction of sp³-hybridized carbons (Fsp3) is 0.294. The Kier molecular flexibility index (Phi) is 4.06. The molecular weight excluding hydrogens is 316 g/mol. The molecule has 2 aromatic heterocycles. The zero-order valence-electron chi connectivity index (χ0n) is 12.8. The summed E-state index contributed by atoms with van der Waals surface area (Å²) in [7, 11) is 0. The highest BCUT2D eigenvalue weighted by molar-refractivity contribution is 7.19. The number of rotatable bonds is 3. The van der Waals surface area contributed by atoms with Crippen molar-refractivity contribution in [2.75, 3.05) is 0 Å². The van der Waals surface area contributed by atoms with Gasteiger partial charge in [0.25, 0.3) is 5.56 Å². The first-order chi connectivity index (χ1) is 10.5. The second-order valence-electron chi connectivity index (χ2n) is 5.82. The molecule has 5 heteroatoms. The smallest absolute Gasteiger partial charge is 0.262 e. The molecule has 114 valence electrons. The molecule has 0 saturated heterocycles. The van der Waals surface area contributed by atoms with Crippen LogP contribution in [0.4, 0.5) is 0 Å². The lowest BCUT2D eigenvalue weighted by atomic mass is 10.0. The first kappa shape index (κ1) is 15.3. The Balaban J connectivity index is 2.27. The summed E-state index contributed by atoms with van der Waals surface area (Å²) in [6.07, 6.45) is 1.66. The number of hydrogen-bond donors (Lipinski definition) is 0. The van der Waals surface area contributed by atoms with Crippen LogP contribution in [0.25, 0.3) is 21.3 Å². The van der Waals surface area contributed by atoms with Gasteiger partial charge in [-0.3, -0.25) is 9.36 Å². The van der Waals surface area contributed by atoms with Gasteiger partial charge in [0.15, 0.2) is 0 Å². The quantitative estimate of drug-likeness (QED) is 0.694. The molecule has 0 fully saturated rings. The van der Waals surface area contributed by atoms with Crippen LogP contribution in [0.2, 0.25) is 5.02 Å². The number of halogens is 1. The van der Waals surface area contributed by atoms with E-state index in [1.54, 1.807) is 22.2 Å². The molecule has 0 aliphatic rings. The van der Waals surface area contributed by atoms with Gasteiger partial charge < -0.3 is 0 Å². The zero-order valence-corrected chi connectivity index (χ0v) is 14.3. The monoisotopic (exact) mass is 332 g/mol. The molecule has 3 aromatic rings. The van der Waals surface area contributed by atoms with Gasteiger partial charge in [-0.05, 0) is 30.5 Å². The number of benzene rings is 1. The third-order valence-electron chi connectivity index (χ3n) is 3.55. The van der Waals surface area contributed by atoms with Gasteiger partial charge in [0, 0.05) is 22.0 Å². The Morgan fingerprint density at radius 3 is 2.59 bits per heavy atom. The van der Waals surface area contributed by atoms with E-state index in [0.717, 1.165) is 20.8 Å². The summed E-state index contributed by atoms with van der Waals surface area (Å²) in [5, 5.41) is 1.41. The van der Waals surface area contributed by atoms with E-state index in [1.165, 1.54) is 0 Å². The van der Waals surface area contributed by atoms with Gasteiger partial charge in [-0.15, -0.1) is 11.3 Å². The highest BCUT2D eigenvalue weighted by Gasteiger charge is 2.17. The van der Waals surface area contributed by atoms with Crippen molar-refractivity contribution in [3.05, 3.63) is 50.8 Å². The summed E-state index contributed by atoms with van der Waals surface area (Å²) in [5.74, 6) is 0.399. The number of aryl methyl sites for hydroxylation is 1. The normalized spacial score (nSPS) is 11.5. The highest BCUT2D eigenvalue weighted by Crippen LogP contribution is 2.35. The Morgan fingerprint density at radius 1 is 1.27 bits per heavy atom. The van der Waals surface area contributed by atoms with E-state index >= 15 is 0 Å². The van der Waals surface area contributed by atoms with Crippen LogP contribution in [-0.2, 0) is 6.54 Å². The van der Waals surface area contributed by atoms with Crippen LogP contribution >= 0.6 is 22.9 Å². The summed E-state index contributed by atoms with van der Waals surface area (Å²) in [6.45, 7) is 6.89. The van der Waals surface area contributed by atoms with Crippen molar-refractivity contribution in [3.8, 4) is 11.1 Å². The second kappa shape index (κ2) is 5.86. The van der Waals surface area contributed by atoms with Crippen LogP contribution in [-0.4, -0.2) is 9.55 Å². The summed E-state index contributed by atoms with van der Waals surface area (Å²) >= 11 is 7.53. The molecule has 0 unspecified atom stereocenters. The van der Waals surface area contributed by atoms with Crippen molar-refractivity contribution < 1.29 is 0 Å². The van der Waals surface area contributed by atoms with Crippen molar-refractivity contribution in [2.24, 2.45) is 5.92 Å². The van der Waals surface area contributed by atoms with E-state index in [2.05, 4.69) is 18.8 Å². The molecule has 22 heavy (non-hydrogen) atoms. The standard InChI is InChI=1S/C17H17ClN2OS/c1-10(2)8-20-9-19-16-15(17(20)21)14(11(3)22-16)12-4-6-13(18)7-5-12/h4-7,9-10H,8H2,1-3H3. The molecule has 3 rings (SSSR count). The topological polar surface area (TPSA) is 34.9 Å². The van der Waals surface area contributed by atoms with E-state index in [0.29, 0.717) is 22.9 Å². The number of aromatic nitrogens is 2. The second-order valence-corrected chi connectivity index (χ2v) is 7.46. The Labute approximate surface area is 138 Å². The minimum absolute atomic E-state index is 0.0352. The van der Waals surface area contributed by atoms with Gasteiger partial charge in [0.05, 0.1) is 11.7 Å². The predicted octanol–water partition coefficient (Wildman–Crippen LogP) is 4.74. The number of fused-ring (bicyclic) bond motifs is 1. The van der Waals surface area contributed by atoms with Crippen molar-refractivity contribution >= 4 is 33.2 Å². The lowest BCUT2D eigenvalue weighted by Gasteiger charge is -2.08. The first-order valence-electron chi connectivity index (χ1n) is 7.22. The summed E-state index contributed by atoms with van der Waals surface area (Å²) < 4.78 is 1.71. The van der Waals surface area contributed by atoms with Gasteiger partial charge in [-0.25, -0.2) is 4.98 Å². The van der Waals surface area contributed by atoms with Crippen molar-refractivity contribution in [3.63, 3.8) is 0 Å². The summed E-state index contributed by atoms with van der Waals surface area (Å²) in [5.41, 5.74) is 2.02. The van der Waals surface area contributed by atoms with Gasteiger partial charge in [-0.1, -0.05) is 37.6 Å². The molecule has 0 aliphatic carbocycles. The van der Waals surface area contributed by atoms with E-state index in [-0.39, 0.29) is 5.56 Å². The van der Waals surface area contributed by atoms with Crippen LogP contribution in [0.1, 0.15) is 18.7 Å². The van der Waals surface area contributed by atoms with Crippen molar-refractivity contribution in [1.82, 2.24) is 9.55 Å².